The number of fused-ring (bicyclic) bond motifs is 2. The Bertz CT molecular complexity index is 1310. The highest BCUT2D eigenvalue weighted by Crippen LogP contribution is 2.39. The van der Waals surface area contributed by atoms with Crippen molar-refractivity contribution in [2.24, 2.45) is 0 Å². The predicted molar refractivity (Wildman–Crippen MR) is 131 cm³/mol. The van der Waals surface area contributed by atoms with Gasteiger partial charge in [0, 0.05) is 40.1 Å². The summed E-state index contributed by atoms with van der Waals surface area (Å²) in [6.45, 7) is 2.48. The zero-order valence-corrected chi connectivity index (χ0v) is 18.5. The molecule has 0 aliphatic rings. The molecule has 33 heavy (non-hydrogen) atoms. The Labute approximate surface area is 192 Å². The molecule has 5 nitrogen and oxygen atoms in total. The van der Waals surface area contributed by atoms with E-state index in [1.54, 1.807) is 6.92 Å². The fourth-order valence-electron chi connectivity index (χ4n) is 4.43. The lowest BCUT2D eigenvalue weighted by molar-refractivity contribution is -0.143. The molecular formula is C28H26N2O3. The van der Waals surface area contributed by atoms with Gasteiger partial charge in [0.15, 0.2) is 0 Å². The molecule has 2 aromatic heterocycles. The number of hydrogen-bond acceptors (Lipinski definition) is 3. The maximum absolute atomic E-state index is 11.5. The summed E-state index contributed by atoms with van der Waals surface area (Å²) in [5, 5.41) is 2.42. The molecule has 166 valence electrons. The van der Waals surface area contributed by atoms with Crippen LogP contribution >= 0.6 is 0 Å². The number of esters is 1. The van der Waals surface area contributed by atoms with Crippen LogP contribution in [-0.2, 0) is 9.53 Å². The van der Waals surface area contributed by atoms with E-state index >= 15 is 0 Å². The zero-order chi connectivity index (χ0) is 22.6. The van der Waals surface area contributed by atoms with Crippen LogP contribution in [-0.4, -0.2) is 29.2 Å². The largest absolute Gasteiger partial charge is 0.493 e. The van der Waals surface area contributed by atoms with Crippen molar-refractivity contribution in [3.8, 4) is 5.75 Å². The molecule has 0 aliphatic heterocycles. The van der Waals surface area contributed by atoms with Gasteiger partial charge >= 0.3 is 5.97 Å². The molecule has 0 spiro atoms. The second-order valence-corrected chi connectivity index (χ2v) is 7.98. The molecular weight excluding hydrogens is 412 g/mol. The van der Waals surface area contributed by atoms with Crippen LogP contribution in [0.15, 0.2) is 85.2 Å². The number of hydrogen-bond donors (Lipinski definition) is 2. The average molecular weight is 439 g/mol. The lowest BCUT2D eigenvalue weighted by atomic mass is 9.85. The molecule has 5 rings (SSSR count). The predicted octanol–water partition coefficient (Wildman–Crippen LogP) is 6.16. The maximum Gasteiger partial charge on any atom is 0.309 e. The van der Waals surface area contributed by atoms with Gasteiger partial charge in [0.25, 0.3) is 0 Å². The number of carbonyl (C=O) groups excluding carboxylic acids is 1. The summed E-state index contributed by atoms with van der Waals surface area (Å²) >= 11 is 0. The highest BCUT2D eigenvalue weighted by atomic mass is 16.5. The zero-order valence-electron chi connectivity index (χ0n) is 18.5. The van der Waals surface area contributed by atoms with E-state index in [1.807, 2.05) is 24.3 Å². The van der Waals surface area contributed by atoms with Crippen LogP contribution in [0.25, 0.3) is 21.8 Å². The van der Waals surface area contributed by atoms with E-state index in [2.05, 4.69) is 70.9 Å². The summed E-state index contributed by atoms with van der Waals surface area (Å²) in [6, 6.07) is 24.9. The smallest absolute Gasteiger partial charge is 0.309 e. The van der Waals surface area contributed by atoms with Crippen molar-refractivity contribution in [2.45, 2.75) is 19.3 Å². The van der Waals surface area contributed by atoms with Crippen LogP contribution in [0, 0.1) is 0 Å². The number of ether oxygens (including phenoxy) is 2. The second-order valence-electron chi connectivity index (χ2n) is 7.98. The van der Waals surface area contributed by atoms with Crippen molar-refractivity contribution in [1.29, 1.82) is 0 Å². The molecule has 0 unspecified atom stereocenters. The van der Waals surface area contributed by atoms with Gasteiger partial charge in [-0.3, -0.25) is 4.79 Å². The van der Waals surface area contributed by atoms with Gasteiger partial charge in [-0.1, -0.05) is 48.5 Å². The normalized spacial score (nSPS) is 11.3. The quantitative estimate of drug-likeness (QED) is 0.285. The number of aromatic amines is 2. The van der Waals surface area contributed by atoms with Gasteiger partial charge in [-0.2, -0.15) is 0 Å². The minimum atomic E-state index is -0.243. The number of aromatic nitrogens is 2. The first-order chi connectivity index (χ1) is 16.2. The van der Waals surface area contributed by atoms with Crippen LogP contribution in [0.5, 0.6) is 5.75 Å². The van der Waals surface area contributed by atoms with Crippen LogP contribution < -0.4 is 4.74 Å². The number of rotatable bonds is 8. The van der Waals surface area contributed by atoms with Gasteiger partial charge in [-0.15, -0.1) is 0 Å². The van der Waals surface area contributed by atoms with E-state index in [0.29, 0.717) is 13.2 Å². The number of benzene rings is 3. The maximum atomic E-state index is 11.5. The molecule has 5 aromatic rings. The van der Waals surface area contributed by atoms with Crippen molar-refractivity contribution in [1.82, 2.24) is 9.97 Å². The van der Waals surface area contributed by atoms with Crippen molar-refractivity contribution >= 4 is 27.8 Å². The molecule has 0 atom stereocenters. The molecule has 0 saturated carbocycles. The highest BCUT2D eigenvalue weighted by Gasteiger charge is 2.23. The summed E-state index contributed by atoms with van der Waals surface area (Å²) in [5.41, 5.74) is 5.87. The van der Waals surface area contributed by atoms with E-state index < -0.39 is 0 Å². The summed E-state index contributed by atoms with van der Waals surface area (Å²) in [7, 11) is 0. The Morgan fingerprint density at radius 2 is 1.39 bits per heavy atom. The van der Waals surface area contributed by atoms with Crippen molar-refractivity contribution < 1.29 is 14.3 Å². The molecule has 0 aliphatic carbocycles. The third kappa shape index (κ3) is 4.22. The Morgan fingerprint density at radius 3 is 1.97 bits per heavy atom. The minimum Gasteiger partial charge on any atom is -0.493 e. The number of para-hydroxylation sites is 2. The molecule has 0 saturated heterocycles. The average Bonchev–Trinajstić information content (AvgIpc) is 3.46. The first-order valence-corrected chi connectivity index (χ1v) is 11.2. The molecule has 5 heteroatoms. The molecule has 2 N–H and O–H groups in total. The van der Waals surface area contributed by atoms with Gasteiger partial charge < -0.3 is 19.4 Å². The van der Waals surface area contributed by atoms with Gasteiger partial charge in [-0.05, 0) is 47.9 Å². The lowest BCUT2D eigenvalue weighted by Gasteiger charge is -2.18. The van der Waals surface area contributed by atoms with Crippen molar-refractivity contribution in [3.05, 3.63) is 102 Å². The fourth-order valence-corrected chi connectivity index (χ4v) is 4.43. The summed E-state index contributed by atoms with van der Waals surface area (Å²) in [6.07, 6.45) is 4.46. The Kier molecular flexibility index (Phi) is 5.85. The molecule has 0 fully saturated rings. The van der Waals surface area contributed by atoms with Gasteiger partial charge in [0.05, 0.1) is 19.6 Å². The molecule has 0 bridgehead atoms. The summed E-state index contributed by atoms with van der Waals surface area (Å²) in [5.74, 6) is 0.540. The van der Waals surface area contributed by atoms with E-state index in [0.717, 1.165) is 16.8 Å². The first kappa shape index (κ1) is 20.9. The summed E-state index contributed by atoms with van der Waals surface area (Å²) < 4.78 is 10.7. The Hall–Kier alpha value is -3.99. The Balaban J connectivity index is 1.50. The second kappa shape index (κ2) is 9.25. The molecule has 2 heterocycles. The fraction of sp³-hybridized carbons (Fsp3) is 0.179. The van der Waals surface area contributed by atoms with E-state index in [4.69, 9.17) is 9.47 Å². The van der Waals surface area contributed by atoms with Crippen molar-refractivity contribution in [2.75, 3.05) is 13.2 Å². The van der Waals surface area contributed by atoms with Crippen LogP contribution in [0.1, 0.15) is 36.0 Å². The van der Waals surface area contributed by atoms with Gasteiger partial charge in [-0.25, -0.2) is 0 Å². The van der Waals surface area contributed by atoms with Crippen molar-refractivity contribution in [3.63, 3.8) is 0 Å². The Morgan fingerprint density at radius 1 is 0.818 bits per heavy atom. The van der Waals surface area contributed by atoms with Gasteiger partial charge in [0.2, 0.25) is 0 Å². The number of H-pyrrole nitrogens is 2. The molecule has 0 radical (unpaired) electrons. The van der Waals surface area contributed by atoms with Crippen LogP contribution in [0.3, 0.4) is 0 Å². The monoisotopic (exact) mass is 438 g/mol. The summed E-state index contributed by atoms with van der Waals surface area (Å²) in [4.78, 5) is 18.4. The van der Waals surface area contributed by atoms with Crippen LogP contribution in [0.2, 0.25) is 0 Å². The standard InChI is InChI=1S/C28H26N2O3/c1-2-32-27(31)15-16-33-20-13-11-19(12-14-20)28(23-17-29-25-9-5-3-7-21(23)25)24-18-30-26-10-6-4-8-22(24)26/h3-14,17-18,28-30H,2,15-16H2,1H3. The molecule has 3 aromatic carbocycles. The third-order valence-electron chi connectivity index (χ3n) is 5.96. The number of nitrogens with one attached hydrogen (secondary N) is 2. The van der Waals surface area contributed by atoms with E-state index in [9.17, 15) is 4.79 Å². The van der Waals surface area contributed by atoms with E-state index in [-0.39, 0.29) is 18.3 Å². The SMILES string of the molecule is CCOC(=O)CCOc1ccc(C(c2c[nH]c3ccccc23)c2c[nH]c3ccccc23)cc1. The highest BCUT2D eigenvalue weighted by molar-refractivity contribution is 5.89. The third-order valence-corrected chi connectivity index (χ3v) is 5.96. The molecule has 0 amide bonds. The van der Waals surface area contributed by atoms with Gasteiger partial charge in [0.1, 0.15) is 5.75 Å². The van der Waals surface area contributed by atoms with E-state index in [1.165, 1.54) is 27.5 Å². The lowest BCUT2D eigenvalue weighted by Crippen LogP contribution is -2.09. The van der Waals surface area contributed by atoms with Crippen LogP contribution in [0.4, 0.5) is 0 Å². The number of carbonyl (C=O) groups is 1. The minimum absolute atomic E-state index is 0.0471. The topological polar surface area (TPSA) is 67.1 Å². The first-order valence-electron chi connectivity index (χ1n) is 11.2.